The van der Waals surface area contributed by atoms with Gasteiger partial charge >= 0.3 is 6.03 Å². The number of urea groups is 1. The summed E-state index contributed by atoms with van der Waals surface area (Å²) in [6.45, 7) is 7.78. The highest BCUT2D eigenvalue weighted by Gasteiger charge is 2.35. The Morgan fingerprint density at radius 1 is 1.29 bits per heavy atom. The van der Waals surface area contributed by atoms with Crippen LogP contribution < -0.4 is 5.32 Å². The number of carbonyl (C=O) groups is 2. The van der Waals surface area contributed by atoms with Gasteiger partial charge in [-0.15, -0.1) is 0 Å². The number of hydrogen-bond acceptors (Lipinski definition) is 3. The fourth-order valence-corrected chi connectivity index (χ4v) is 3.88. The van der Waals surface area contributed by atoms with E-state index in [0.717, 1.165) is 29.7 Å². The molecule has 2 heterocycles. The predicted octanol–water partition coefficient (Wildman–Crippen LogP) is 3.16. The van der Waals surface area contributed by atoms with Gasteiger partial charge in [0.25, 0.3) is 0 Å². The van der Waals surface area contributed by atoms with Gasteiger partial charge in [-0.1, -0.05) is 31.9 Å². The van der Waals surface area contributed by atoms with E-state index in [9.17, 15) is 9.59 Å². The largest absolute Gasteiger partial charge is 0.342 e. The first-order valence-electron chi connectivity index (χ1n) is 10.2. The molecule has 1 aromatic carbocycles. The van der Waals surface area contributed by atoms with Crippen LogP contribution in [-0.4, -0.2) is 57.5 Å². The molecule has 1 fully saturated rings. The number of rotatable bonds is 6. The third kappa shape index (κ3) is 3.98. The summed E-state index contributed by atoms with van der Waals surface area (Å²) >= 11 is 0. The van der Waals surface area contributed by atoms with Gasteiger partial charge < -0.3 is 19.7 Å². The molecule has 28 heavy (non-hydrogen) atoms. The van der Waals surface area contributed by atoms with Gasteiger partial charge in [0, 0.05) is 26.2 Å². The zero-order valence-corrected chi connectivity index (χ0v) is 17.3. The van der Waals surface area contributed by atoms with Crippen LogP contribution in [0.15, 0.2) is 24.3 Å². The average Bonchev–Trinajstić information content (AvgIpc) is 3.05. The molecule has 3 amide bonds. The normalized spacial score (nSPS) is 17.6. The zero-order valence-electron chi connectivity index (χ0n) is 17.3. The van der Waals surface area contributed by atoms with Crippen LogP contribution in [0.3, 0.4) is 0 Å². The van der Waals surface area contributed by atoms with Gasteiger partial charge in [-0.25, -0.2) is 9.78 Å². The zero-order chi connectivity index (χ0) is 20.3. The third-order valence-corrected chi connectivity index (χ3v) is 5.39. The van der Waals surface area contributed by atoms with Crippen molar-refractivity contribution in [3.8, 4) is 0 Å². The van der Waals surface area contributed by atoms with E-state index in [4.69, 9.17) is 4.98 Å². The van der Waals surface area contributed by atoms with Gasteiger partial charge in [-0.05, 0) is 32.4 Å². The van der Waals surface area contributed by atoms with Crippen LogP contribution in [0.4, 0.5) is 4.79 Å². The highest BCUT2D eigenvalue weighted by Crippen LogP contribution is 2.21. The summed E-state index contributed by atoms with van der Waals surface area (Å²) in [5.74, 6) is 0.861. The fourth-order valence-electron chi connectivity index (χ4n) is 3.88. The Balaban J connectivity index is 1.75. The molecule has 1 N–H and O–H groups in total. The van der Waals surface area contributed by atoms with E-state index in [1.165, 1.54) is 0 Å². The van der Waals surface area contributed by atoms with Crippen molar-refractivity contribution < 1.29 is 9.59 Å². The number of fused-ring (bicyclic) bond motifs is 1. The monoisotopic (exact) mass is 385 g/mol. The first kappa shape index (κ1) is 20.2. The lowest BCUT2D eigenvalue weighted by Crippen LogP contribution is -2.59. The topological polar surface area (TPSA) is 70.5 Å². The van der Waals surface area contributed by atoms with Gasteiger partial charge in [0.15, 0.2) is 0 Å². The van der Waals surface area contributed by atoms with Crippen molar-refractivity contribution in [3.05, 3.63) is 30.1 Å². The fraction of sp³-hybridized carbons (Fsp3) is 0.571. The maximum atomic E-state index is 12.9. The Bertz CT molecular complexity index is 844. The molecule has 1 aliphatic rings. The van der Waals surface area contributed by atoms with Crippen molar-refractivity contribution in [3.63, 3.8) is 0 Å². The molecular weight excluding hydrogens is 354 g/mol. The van der Waals surface area contributed by atoms with Crippen LogP contribution in [0, 0.1) is 0 Å². The number of likely N-dealkylation sites (N-methyl/N-ethyl adjacent to an activating group) is 1. The number of carbonyl (C=O) groups excluding carboxylic acids is 2. The van der Waals surface area contributed by atoms with E-state index in [1.54, 1.807) is 9.80 Å². The molecule has 2 aromatic rings. The Kier molecular flexibility index (Phi) is 6.21. The molecular formula is C21H31N5O2. The van der Waals surface area contributed by atoms with E-state index in [2.05, 4.69) is 30.7 Å². The summed E-state index contributed by atoms with van der Waals surface area (Å²) in [7, 11) is 1.81. The minimum atomic E-state index is -0.373. The standard InChI is InChI=1S/C21H31N5O2/c1-5-6-10-18-20(27)24(4)12-13-25(18)21(28)22-14-19-23-16-9-7-8-11-17(16)26(19)15(2)3/h7-9,11,15,18H,5-6,10,12-14H2,1-4H3,(H,22,28)/t18-/m1/s1. The lowest BCUT2D eigenvalue weighted by Gasteiger charge is -2.39. The summed E-state index contributed by atoms with van der Waals surface area (Å²) in [5.41, 5.74) is 1.99. The van der Waals surface area contributed by atoms with Crippen molar-refractivity contribution in [2.75, 3.05) is 20.1 Å². The summed E-state index contributed by atoms with van der Waals surface area (Å²) in [6.07, 6.45) is 2.64. The summed E-state index contributed by atoms with van der Waals surface area (Å²) < 4.78 is 2.15. The van der Waals surface area contributed by atoms with Crippen molar-refractivity contribution in [1.82, 2.24) is 24.7 Å². The number of hydrogen-bond donors (Lipinski definition) is 1. The molecule has 152 valence electrons. The highest BCUT2D eigenvalue weighted by atomic mass is 16.2. The van der Waals surface area contributed by atoms with Crippen molar-refractivity contribution in [2.24, 2.45) is 0 Å². The molecule has 7 heteroatoms. The first-order valence-corrected chi connectivity index (χ1v) is 10.2. The van der Waals surface area contributed by atoms with Gasteiger partial charge in [-0.3, -0.25) is 4.79 Å². The Morgan fingerprint density at radius 3 is 2.75 bits per heavy atom. The van der Waals surface area contributed by atoms with Crippen molar-refractivity contribution >= 4 is 23.0 Å². The minimum absolute atomic E-state index is 0.0317. The molecule has 0 bridgehead atoms. The maximum absolute atomic E-state index is 12.9. The molecule has 1 atom stereocenters. The molecule has 0 radical (unpaired) electrons. The SMILES string of the molecule is CCCC[C@@H]1C(=O)N(C)CCN1C(=O)NCc1nc2ccccc2n1C(C)C. The maximum Gasteiger partial charge on any atom is 0.318 e. The lowest BCUT2D eigenvalue weighted by atomic mass is 10.0. The van der Waals surface area contributed by atoms with Crippen LogP contribution in [0.5, 0.6) is 0 Å². The lowest BCUT2D eigenvalue weighted by molar-refractivity contribution is -0.138. The van der Waals surface area contributed by atoms with Crippen LogP contribution in [0.2, 0.25) is 0 Å². The molecule has 1 aliphatic heterocycles. The van der Waals surface area contributed by atoms with E-state index in [-0.39, 0.29) is 24.0 Å². The molecule has 1 aromatic heterocycles. The Labute approximate surface area is 166 Å². The van der Waals surface area contributed by atoms with Gasteiger partial charge in [0.1, 0.15) is 11.9 Å². The number of nitrogens with zero attached hydrogens (tertiary/aromatic N) is 4. The number of aromatic nitrogens is 2. The Morgan fingerprint density at radius 2 is 2.04 bits per heavy atom. The number of nitrogens with one attached hydrogen (secondary N) is 1. The molecule has 7 nitrogen and oxygen atoms in total. The minimum Gasteiger partial charge on any atom is -0.342 e. The van der Waals surface area contributed by atoms with Crippen LogP contribution in [-0.2, 0) is 11.3 Å². The highest BCUT2D eigenvalue weighted by molar-refractivity contribution is 5.88. The van der Waals surface area contributed by atoms with Crippen LogP contribution in [0.1, 0.15) is 51.9 Å². The second-order valence-electron chi connectivity index (χ2n) is 7.75. The smallest absolute Gasteiger partial charge is 0.318 e. The number of piperazine rings is 1. The molecule has 0 aliphatic carbocycles. The molecule has 0 saturated carbocycles. The van der Waals surface area contributed by atoms with Crippen LogP contribution in [0.25, 0.3) is 11.0 Å². The van der Waals surface area contributed by atoms with E-state index in [0.29, 0.717) is 26.1 Å². The summed E-state index contributed by atoms with van der Waals surface area (Å²) in [5, 5.41) is 3.00. The van der Waals surface area contributed by atoms with Crippen LogP contribution >= 0.6 is 0 Å². The van der Waals surface area contributed by atoms with E-state index in [1.807, 2.05) is 31.3 Å². The van der Waals surface area contributed by atoms with E-state index >= 15 is 0 Å². The second-order valence-corrected chi connectivity index (χ2v) is 7.75. The predicted molar refractivity (Wildman–Crippen MR) is 110 cm³/mol. The number of unbranched alkanes of at least 4 members (excludes halogenated alkanes) is 1. The number of para-hydroxylation sites is 2. The number of amides is 3. The second kappa shape index (κ2) is 8.63. The number of imidazole rings is 1. The van der Waals surface area contributed by atoms with Gasteiger partial charge in [0.2, 0.25) is 5.91 Å². The van der Waals surface area contributed by atoms with Crippen molar-refractivity contribution in [1.29, 1.82) is 0 Å². The third-order valence-electron chi connectivity index (χ3n) is 5.39. The molecule has 0 spiro atoms. The average molecular weight is 386 g/mol. The number of benzene rings is 1. The summed E-state index contributed by atoms with van der Waals surface area (Å²) in [4.78, 5) is 33.6. The van der Waals surface area contributed by atoms with Gasteiger partial charge in [-0.2, -0.15) is 0 Å². The molecule has 3 rings (SSSR count). The van der Waals surface area contributed by atoms with Crippen molar-refractivity contribution in [2.45, 2.75) is 58.7 Å². The Hall–Kier alpha value is -2.57. The van der Waals surface area contributed by atoms with E-state index < -0.39 is 0 Å². The van der Waals surface area contributed by atoms with Gasteiger partial charge in [0.05, 0.1) is 17.6 Å². The summed E-state index contributed by atoms with van der Waals surface area (Å²) in [6, 6.07) is 7.68. The first-order chi connectivity index (χ1) is 13.4. The molecule has 0 unspecified atom stereocenters. The molecule has 1 saturated heterocycles. The quantitative estimate of drug-likeness (QED) is 0.830.